The van der Waals surface area contributed by atoms with Gasteiger partial charge in [0.25, 0.3) is 0 Å². The van der Waals surface area contributed by atoms with Crippen molar-refractivity contribution in [1.29, 1.82) is 0 Å². The second-order valence-electron chi connectivity index (χ2n) is 4.67. The summed E-state index contributed by atoms with van der Waals surface area (Å²) in [6.07, 6.45) is 3.54. The maximum atomic E-state index is 8.65. The second-order valence-corrected chi connectivity index (χ2v) is 5.08. The maximum absolute atomic E-state index is 8.65. The van der Waals surface area contributed by atoms with Crippen molar-refractivity contribution in [2.45, 2.75) is 19.5 Å². The highest BCUT2D eigenvalue weighted by Gasteiger charge is 2.08. The van der Waals surface area contributed by atoms with Gasteiger partial charge in [0, 0.05) is 35.6 Å². The van der Waals surface area contributed by atoms with E-state index in [2.05, 4.69) is 22.4 Å². The number of halogens is 1. The molecule has 110 valence electrons. The lowest BCUT2D eigenvalue weighted by Gasteiger charge is -2.15. The predicted octanol–water partition coefficient (Wildman–Crippen LogP) is 2.68. The molecule has 6 heteroatoms. The number of nitrogens with two attached hydrogens (primary N) is 1. The second kappa shape index (κ2) is 7.06. The van der Waals surface area contributed by atoms with Crippen LogP contribution < -0.4 is 11.1 Å². The molecule has 0 aliphatic carbocycles. The number of hydrogen-bond acceptors (Lipinski definition) is 4. The Balaban J connectivity index is 2.04. The average molecular weight is 305 g/mol. The van der Waals surface area contributed by atoms with Crippen molar-refractivity contribution in [3.05, 3.63) is 64.4 Å². The molecule has 21 heavy (non-hydrogen) atoms. The minimum atomic E-state index is 0.0431. The lowest BCUT2D eigenvalue weighted by molar-refractivity contribution is 0.318. The van der Waals surface area contributed by atoms with E-state index in [0.29, 0.717) is 17.1 Å². The summed E-state index contributed by atoms with van der Waals surface area (Å²) in [6, 6.07) is 9.45. The molecule has 0 fully saturated rings. The number of amidine groups is 1. The number of nitrogens with one attached hydrogen (secondary N) is 1. The van der Waals surface area contributed by atoms with Crippen molar-refractivity contribution < 1.29 is 5.21 Å². The standard InChI is InChI=1S/C15H17ClN4O/c1-10(11-4-6-18-7-5-11)19-9-13-3-2-12(8-14(13)16)15(17)20-21/h2-8,10,19,21H,9H2,1H3,(H2,17,20)/t10-/m1/s1. The predicted molar refractivity (Wildman–Crippen MR) is 83.5 cm³/mol. The number of nitrogens with zero attached hydrogens (tertiary/aromatic N) is 2. The van der Waals surface area contributed by atoms with Crippen LogP contribution in [0.3, 0.4) is 0 Å². The van der Waals surface area contributed by atoms with Crippen molar-refractivity contribution in [2.24, 2.45) is 10.9 Å². The molecule has 4 N–H and O–H groups in total. The highest BCUT2D eigenvalue weighted by molar-refractivity contribution is 6.31. The molecule has 0 saturated carbocycles. The van der Waals surface area contributed by atoms with Gasteiger partial charge in [-0.3, -0.25) is 4.98 Å². The van der Waals surface area contributed by atoms with Crippen molar-refractivity contribution in [3.63, 3.8) is 0 Å². The van der Waals surface area contributed by atoms with E-state index in [1.807, 2.05) is 18.2 Å². The van der Waals surface area contributed by atoms with Gasteiger partial charge in [-0.05, 0) is 36.2 Å². The van der Waals surface area contributed by atoms with Crippen LogP contribution in [0.2, 0.25) is 5.02 Å². The molecule has 5 nitrogen and oxygen atoms in total. The Kier molecular flexibility index (Phi) is 5.14. The summed E-state index contributed by atoms with van der Waals surface area (Å²) >= 11 is 6.22. The largest absolute Gasteiger partial charge is 0.409 e. The molecule has 1 heterocycles. The van der Waals surface area contributed by atoms with E-state index < -0.39 is 0 Å². The topological polar surface area (TPSA) is 83.5 Å². The third-order valence-corrected chi connectivity index (χ3v) is 3.61. The number of pyridine rings is 1. The van der Waals surface area contributed by atoms with E-state index in [1.165, 1.54) is 0 Å². The molecule has 0 aliphatic rings. The monoisotopic (exact) mass is 304 g/mol. The first kappa shape index (κ1) is 15.3. The van der Waals surface area contributed by atoms with Crippen LogP contribution in [-0.2, 0) is 6.54 Å². The Bertz CT molecular complexity index is 631. The van der Waals surface area contributed by atoms with Gasteiger partial charge in [-0.1, -0.05) is 28.9 Å². The van der Waals surface area contributed by atoms with Gasteiger partial charge in [-0.15, -0.1) is 0 Å². The van der Waals surface area contributed by atoms with Gasteiger partial charge in [0.15, 0.2) is 5.84 Å². The normalized spacial score (nSPS) is 13.1. The van der Waals surface area contributed by atoms with E-state index in [0.717, 1.165) is 11.1 Å². The van der Waals surface area contributed by atoms with Crippen LogP contribution in [-0.4, -0.2) is 16.0 Å². The van der Waals surface area contributed by atoms with E-state index in [-0.39, 0.29) is 11.9 Å². The summed E-state index contributed by atoms with van der Waals surface area (Å²) in [4.78, 5) is 4.00. The summed E-state index contributed by atoms with van der Waals surface area (Å²) < 4.78 is 0. The third-order valence-electron chi connectivity index (χ3n) is 3.26. The Morgan fingerprint density at radius 1 is 1.38 bits per heavy atom. The number of hydrogen-bond donors (Lipinski definition) is 3. The molecule has 1 aromatic carbocycles. The molecule has 0 radical (unpaired) electrons. The third kappa shape index (κ3) is 3.93. The Labute approximate surface area is 128 Å². The van der Waals surface area contributed by atoms with E-state index in [9.17, 15) is 0 Å². The molecule has 0 aliphatic heterocycles. The molecular formula is C15H17ClN4O. The highest BCUT2D eigenvalue weighted by atomic mass is 35.5. The van der Waals surface area contributed by atoms with Crippen molar-refractivity contribution in [2.75, 3.05) is 0 Å². The van der Waals surface area contributed by atoms with Crippen LogP contribution in [0.5, 0.6) is 0 Å². The Hall–Kier alpha value is -2.11. The highest BCUT2D eigenvalue weighted by Crippen LogP contribution is 2.19. The molecule has 1 aromatic heterocycles. The van der Waals surface area contributed by atoms with Gasteiger partial charge in [0.05, 0.1) is 0 Å². The molecule has 0 spiro atoms. The summed E-state index contributed by atoms with van der Waals surface area (Å²) in [5.74, 6) is 0.0431. The van der Waals surface area contributed by atoms with E-state index >= 15 is 0 Å². The van der Waals surface area contributed by atoms with Crippen LogP contribution in [0.15, 0.2) is 47.9 Å². The quantitative estimate of drug-likeness (QED) is 0.343. The van der Waals surface area contributed by atoms with Gasteiger partial charge in [0.2, 0.25) is 0 Å². The fourth-order valence-corrected chi connectivity index (χ4v) is 2.19. The molecule has 0 amide bonds. The molecule has 2 rings (SSSR count). The molecule has 0 bridgehead atoms. The minimum absolute atomic E-state index is 0.0431. The van der Waals surface area contributed by atoms with Crippen LogP contribution in [0.25, 0.3) is 0 Å². The van der Waals surface area contributed by atoms with E-state index in [4.69, 9.17) is 22.5 Å². The molecular weight excluding hydrogens is 288 g/mol. The summed E-state index contributed by atoms with van der Waals surface area (Å²) in [6.45, 7) is 2.70. The fraction of sp³-hybridized carbons (Fsp3) is 0.200. The average Bonchev–Trinajstić information content (AvgIpc) is 2.53. The van der Waals surface area contributed by atoms with Crippen LogP contribution in [0.4, 0.5) is 0 Å². The maximum Gasteiger partial charge on any atom is 0.170 e. The zero-order valence-electron chi connectivity index (χ0n) is 11.6. The molecule has 2 aromatic rings. The van der Waals surface area contributed by atoms with Gasteiger partial charge < -0.3 is 16.3 Å². The Morgan fingerprint density at radius 3 is 2.71 bits per heavy atom. The zero-order chi connectivity index (χ0) is 15.2. The number of aromatic nitrogens is 1. The minimum Gasteiger partial charge on any atom is -0.409 e. The van der Waals surface area contributed by atoms with Crippen molar-refractivity contribution in [1.82, 2.24) is 10.3 Å². The van der Waals surface area contributed by atoms with Crippen LogP contribution >= 0.6 is 11.6 Å². The lowest BCUT2D eigenvalue weighted by Crippen LogP contribution is -2.19. The summed E-state index contributed by atoms with van der Waals surface area (Å²) in [5, 5.41) is 15.6. The molecule has 0 unspecified atom stereocenters. The summed E-state index contributed by atoms with van der Waals surface area (Å²) in [5.41, 5.74) is 8.23. The van der Waals surface area contributed by atoms with Gasteiger partial charge >= 0.3 is 0 Å². The SMILES string of the molecule is C[C@@H](NCc1ccc(/C(N)=N/O)cc1Cl)c1ccncc1. The Morgan fingerprint density at radius 2 is 2.10 bits per heavy atom. The van der Waals surface area contributed by atoms with Crippen LogP contribution in [0, 0.1) is 0 Å². The zero-order valence-corrected chi connectivity index (χ0v) is 12.4. The van der Waals surface area contributed by atoms with Crippen LogP contribution in [0.1, 0.15) is 29.7 Å². The first-order chi connectivity index (χ1) is 10.1. The summed E-state index contributed by atoms with van der Waals surface area (Å²) in [7, 11) is 0. The molecule has 1 atom stereocenters. The van der Waals surface area contributed by atoms with Crippen molar-refractivity contribution >= 4 is 17.4 Å². The van der Waals surface area contributed by atoms with Gasteiger partial charge in [-0.25, -0.2) is 0 Å². The lowest BCUT2D eigenvalue weighted by atomic mass is 10.1. The smallest absolute Gasteiger partial charge is 0.170 e. The number of oxime groups is 1. The number of benzene rings is 1. The number of rotatable bonds is 5. The first-order valence-corrected chi connectivity index (χ1v) is 6.89. The van der Waals surface area contributed by atoms with Crippen molar-refractivity contribution in [3.8, 4) is 0 Å². The van der Waals surface area contributed by atoms with Gasteiger partial charge in [-0.2, -0.15) is 0 Å². The molecule has 0 saturated heterocycles. The van der Waals surface area contributed by atoms with E-state index in [1.54, 1.807) is 24.5 Å². The van der Waals surface area contributed by atoms with Gasteiger partial charge in [0.1, 0.15) is 0 Å². The first-order valence-electron chi connectivity index (χ1n) is 6.51. The fourth-order valence-electron chi connectivity index (χ4n) is 1.94.